The SMILES string of the molecule is CCC(C)[C@H](NC(=O)C(C)(C)[N+](C)(C)C)C(=O)N(C)[C@H](C[C@@H](O)c1nc(C(=O)O)cs1)C(C)C. The first-order chi connectivity index (χ1) is 15.4. The number of aliphatic hydroxyl groups excluding tert-OH is 1. The summed E-state index contributed by atoms with van der Waals surface area (Å²) in [4.78, 5) is 43.6. The predicted molar refractivity (Wildman–Crippen MR) is 134 cm³/mol. The van der Waals surface area contributed by atoms with Crippen LogP contribution in [0.2, 0.25) is 0 Å². The molecular formula is C24H43N4O5S+. The van der Waals surface area contributed by atoms with E-state index < -0.39 is 23.7 Å². The number of aromatic carboxylic acids is 1. The molecule has 2 amide bonds. The highest BCUT2D eigenvalue weighted by molar-refractivity contribution is 7.09. The Balaban J connectivity index is 3.14. The van der Waals surface area contributed by atoms with Crippen molar-refractivity contribution in [1.29, 1.82) is 0 Å². The maximum absolute atomic E-state index is 13.6. The quantitative estimate of drug-likeness (QED) is 0.381. The van der Waals surface area contributed by atoms with E-state index >= 15 is 0 Å². The highest BCUT2D eigenvalue weighted by Crippen LogP contribution is 2.28. The van der Waals surface area contributed by atoms with Crippen molar-refractivity contribution in [2.24, 2.45) is 11.8 Å². The first-order valence-electron chi connectivity index (χ1n) is 11.7. The second-order valence-electron chi connectivity index (χ2n) is 10.8. The highest BCUT2D eigenvalue weighted by atomic mass is 32.1. The molecule has 10 heteroatoms. The van der Waals surface area contributed by atoms with Crippen LogP contribution in [-0.2, 0) is 9.59 Å². The van der Waals surface area contributed by atoms with Crippen molar-refractivity contribution in [1.82, 2.24) is 15.2 Å². The van der Waals surface area contributed by atoms with Gasteiger partial charge in [-0.05, 0) is 25.7 Å². The molecule has 0 saturated heterocycles. The number of amides is 2. The number of carboxylic acid groups (broad SMARTS) is 1. The molecule has 0 aliphatic carbocycles. The van der Waals surface area contributed by atoms with Crippen molar-refractivity contribution in [3.05, 3.63) is 16.1 Å². The lowest BCUT2D eigenvalue weighted by Gasteiger charge is -2.41. The van der Waals surface area contributed by atoms with Crippen molar-refractivity contribution >= 4 is 29.1 Å². The van der Waals surface area contributed by atoms with Crippen LogP contribution in [-0.4, -0.2) is 88.2 Å². The van der Waals surface area contributed by atoms with E-state index in [1.54, 1.807) is 11.9 Å². The molecule has 34 heavy (non-hydrogen) atoms. The second-order valence-corrected chi connectivity index (χ2v) is 11.7. The van der Waals surface area contributed by atoms with E-state index in [9.17, 15) is 19.5 Å². The highest BCUT2D eigenvalue weighted by Gasteiger charge is 2.43. The smallest absolute Gasteiger partial charge is 0.355 e. The van der Waals surface area contributed by atoms with Crippen LogP contribution >= 0.6 is 11.3 Å². The van der Waals surface area contributed by atoms with E-state index in [4.69, 9.17) is 5.11 Å². The summed E-state index contributed by atoms with van der Waals surface area (Å²) in [6.45, 7) is 11.6. The van der Waals surface area contributed by atoms with Crippen LogP contribution in [0.5, 0.6) is 0 Å². The molecule has 0 spiro atoms. The number of rotatable bonds is 12. The van der Waals surface area contributed by atoms with Gasteiger partial charge in [-0.2, -0.15) is 0 Å². The number of thiazole rings is 1. The van der Waals surface area contributed by atoms with Crippen LogP contribution < -0.4 is 5.32 Å². The van der Waals surface area contributed by atoms with Gasteiger partial charge in [0.05, 0.1) is 21.1 Å². The van der Waals surface area contributed by atoms with Crippen LogP contribution in [0.4, 0.5) is 0 Å². The van der Waals surface area contributed by atoms with Crippen LogP contribution in [0.1, 0.15) is 76.0 Å². The minimum Gasteiger partial charge on any atom is -0.476 e. The standard InChI is InChI=1S/C24H42N4O5S/c1-11-15(4)19(26-23(33)24(5,6)28(8,9)10)21(30)27(7)17(14(2)3)12-18(29)20-25-16(13-34-20)22(31)32/h13-15,17-19,29H,11-12H2,1-10H3,(H-,26,31,32,33)/p+1/t15?,17-,18-,19+/m1/s1. The number of hydrogen-bond acceptors (Lipinski definition) is 6. The van der Waals surface area contributed by atoms with Gasteiger partial charge in [0, 0.05) is 24.9 Å². The average Bonchev–Trinajstić information content (AvgIpc) is 3.23. The zero-order chi connectivity index (χ0) is 26.6. The van der Waals surface area contributed by atoms with Crippen molar-refractivity contribution in [2.45, 2.75) is 78.1 Å². The summed E-state index contributed by atoms with van der Waals surface area (Å²) in [6, 6.07) is -1.04. The van der Waals surface area contributed by atoms with Gasteiger partial charge in [-0.15, -0.1) is 11.3 Å². The summed E-state index contributed by atoms with van der Waals surface area (Å²) in [6.07, 6.45) is -0.0890. The van der Waals surface area contributed by atoms with Crippen molar-refractivity contribution in [3.8, 4) is 0 Å². The number of nitrogens with one attached hydrogen (secondary N) is 1. The van der Waals surface area contributed by atoms with E-state index in [0.29, 0.717) is 15.9 Å². The molecule has 0 radical (unpaired) electrons. The second kappa shape index (κ2) is 11.6. The fraction of sp³-hybridized carbons (Fsp3) is 0.750. The van der Waals surface area contributed by atoms with Crippen molar-refractivity contribution in [2.75, 3.05) is 28.2 Å². The summed E-state index contributed by atoms with van der Waals surface area (Å²) in [5, 5.41) is 24.6. The lowest BCUT2D eigenvalue weighted by molar-refractivity contribution is -0.908. The van der Waals surface area contributed by atoms with Gasteiger partial charge in [-0.1, -0.05) is 34.1 Å². The number of carbonyl (C=O) groups is 3. The van der Waals surface area contributed by atoms with Gasteiger partial charge in [0.25, 0.3) is 5.91 Å². The maximum Gasteiger partial charge on any atom is 0.355 e. The van der Waals surface area contributed by atoms with Gasteiger partial charge < -0.3 is 24.9 Å². The van der Waals surface area contributed by atoms with Crippen molar-refractivity contribution in [3.63, 3.8) is 0 Å². The van der Waals surface area contributed by atoms with Crippen molar-refractivity contribution < 1.29 is 29.1 Å². The molecule has 0 fully saturated rings. The van der Waals surface area contributed by atoms with Gasteiger partial charge in [-0.25, -0.2) is 9.78 Å². The molecule has 0 aliphatic rings. The number of hydrogen-bond donors (Lipinski definition) is 3. The molecular weight excluding hydrogens is 456 g/mol. The Morgan fingerprint density at radius 2 is 1.76 bits per heavy atom. The third kappa shape index (κ3) is 6.99. The molecule has 0 aromatic carbocycles. The lowest BCUT2D eigenvalue weighted by atomic mass is 9.92. The number of carbonyl (C=O) groups excluding carboxylic acids is 2. The minimum absolute atomic E-state index is 0.0125. The monoisotopic (exact) mass is 499 g/mol. The zero-order valence-corrected chi connectivity index (χ0v) is 23.1. The summed E-state index contributed by atoms with van der Waals surface area (Å²) in [5.41, 5.74) is -0.853. The molecule has 194 valence electrons. The van der Waals surface area contributed by atoms with E-state index in [1.807, 2.05) is 62.7 Å². The molecule has 9 nitrogen and oxygen atoms in total. The van der Waals surface area contributed by atoms with E-state index in [2.05, 4.69) is 10.3 Å². The fourth-order valence-corrected chi connectivity index (χ4v) is 4.22. The summed E-state index contributed by atoms with van der Waals surface area (Å²) < 4.78 is 0.406. The Labute approximate surface area is 207 Å². The molecule has 1 aromatic heterocycles. The molecule has 1 aromatic rings. The average molecular weight is 500 g/mol. The fourth-order valence-electron chi connectivity index (χ4n) is 3.43. The first-order valence-corrected chi connectivity index (χ1v) is 12.6. The van der Waals surface area contributed by atoms with Gasteiger partial charge in [-0.3, -0.25) is 9.59 Å². The normalized spacial score (nSPS) is 16.0. The molecule has 0 aliphatic heterocycles. The number of likely N-dealkylation sites (N-methyl/N-ethyl adjacent to an activating group) is 2. The molecule has 3 N–H and O–H groups in total. The number of carboxylic acids is 1. The third-order valence-corrected chi connectivity index (χ3v) is 8.05. The van der Waals surface area contributed by atoms with E-state index in [-0.39, 0.29) is 41.8 Å². The Kier molecular flexibility index (Phi) is 10.2. The summed E-state index contributed by atoms with van der Waals surface area (Å²) >= 11 is 1.08. The molecule has 0 saturated carbocycles. The number of quaternary nitrogens is 1. The Hall–Kier alpha value is -2.04. The summed E-state index contributed by atoms with van der Waals surface area (Å²) in [5.74, 6) is -1.63. The predicted octanol–water partition coefficient (Wildman–Crippen LogP) is 2.76. The molecule has 1 unspecified atom stereocenters. The minimum atomic E-state index is -1.15. The third-order valence-electron chi connectivity index (χ3n) is 7.10. The lowest BCUT2D eigenvalue weighted by Crippen LogP contribution is -2.65. The van der Waals surface area contributed by atoms with Crippen LogP contribution in [0.15, 0.2) is 5.38 Å². The van der Waals surface area contributed by atoms with Gasteiger partial charge >= 0.3 is 5.97 Å². The molecule has 1 rings (SSSR count). The Morgan fingerprint density at radius 1 is 1.21 bits per heavy atom. The molecule has 4 atom stereocenters. The number of nitrogens with zero attached hydrogens (tertiary/aromatic N) is 3. The van der Waals surface area contributed by atoms with E-state index in [1.165, 1.54) is 5.38 Å². The topological polar surface area (TPSA) is 120 Å². The number of aromatic nitrogens is 1. The zero-order valence-electron chi connectivity index (χ0n) is 22.2. The van der Waals surface area contributed by atoms with Crippen LogP contribution in [0, 0.1) is 11.8 Å². The maximum atomic E-state index is 13.6. The number of aliphatic hydroxyl groups is 1. The molecule has 1 heterocycles. The summed E-state index contributed by atoms with van der Waals surface area (Å²) in [7, 11) is 7.51. The first kappa shape index (κ1) is 30.0. The largest absolute Gasteiger partial charge is 0.476 e. The van der Waals surface area contributed by atoms with Gasteiger partial charge in [0.15, 0.2) is 11.2 Å². The Bertz CT molecular complexity index is 862. The van der Waals surface area contributed by atoms with Gasteiger partial charge in [0.1, 0.15) is 17.2 Å². The van der Waals surface area contributed by atoms with E-state index in [0.717, 1.165) is 11.3 Å². The Morgan fingerprint density at radius 3 is 2.18 bits per heavy atom. The molecule has 0 bridgehead atoms. The van der Waals surface area contributed by atoms with Crippen LogP contribution in [0.3, 0.4) is 0 Å². The van der Waals surface area contributed by atoms with Gasteiger partial charge in [0.2, 0.25) is 5.91 Å². The van der Waals surface area contributed by atoms with Crippen LogP contribution in [0.25, 0.3) is 0 Å².